The number of nitrogens with zero attached hydrogens (tertiary/aromatic N) is 1. The lowest BCUT2D eigenvalue weighted by Crippen LogP contribution is -2.20. The van der Waals surface area contributed by atoms with E-state index >= 15 is 0 Å². The molecule has 1 heterocycles. The lowest BCUT2D eigenvalue weighted by atomic mass is 10.1. The van der Waals surface area contributed by atoms with E-state index in [4.69, 9.17) is 0 Å². The molecule has 1 aromatic carbocycles. The van der Waals surface area contributed by atoms with Crippen LogP contribution in [0, 0.1) is 0 Å². The number of aromatic nitrogens is 1. The van der Waals surface area contributed by atoms with Gasteiger partial charge in [-0.15, -0.1) is 11.3 Å². The molecule has 0 saturated heterocycles. The third-order valence-electron chi connectivity index (χ3n) is 2.79. The molecule has 5 heteroatoms. The number of thiazole rings is 1. The predicted molar refractivity (Wildman–Crippen MR) is 79.0 cm³/mol. The highest BCUT2D eigenvalue weighted by molar-refractivity contribution is 7.13. The van der Waals surface area contributed by atoms with Gasteiger partial charge in [0.25, 0.3) is 0 Å². The first kappa shape index (κ1) is 13.5. The molecule has 1 aromatic heterocycles. The van der Waals surface area contributed by atoms with Crippen molar-refractivity contribution in [3.05, 3.63) is 40.9 Å². The zero-order valence-corrected chi connectivity index (χ0v) is 11.9. The monoisotopic (exact) mass is 275 g/mol. The van der Waals surface area contributed by atoms with Gasteiger partial charge in [0, 0.05) is 18.1 Å². The second-order valence-corrected chi connectivity index (χ2v) is 5.03. The van der Waals surface area contributed by atoms with Gasteiger partial charge >= 0.3 is 0 Å². The molecule has 0 saturated carbocycles. The van der Waals surface area contributed by atoms with E-state index in [0.717, 1.165) is 22.9 Å². The van der Waals surface area contributed by atoms with Crippen molar-refractivity contribution in [1.82, 2.24) is 10.3 Å². The van der Waals surface area contributed by atoms with Crippen LogP contribution in [0.4, 0.5) is 10.8 Å². The van der Waals surface area contributed by atoms with E-state index in [1.165, 1.54) is 16.9 Å². The maximum absolute atomic E-state index is 11.3. The van der Waals surface area contributed by atoms with E-state index in [1.54, 1.807) is 7.05 Å². The van der Waals surface area contributed by atoms with Gasteiger partial charge in [-0.3, -0.25) is 4.79 Å². The van der Waals surface area contributed by atoms with Crippen molar-refractivity contribution in [3.8, 4) is 0 Å². The standard InChI is InChI=1S/C14H17N3OS/c1-3-10-4-6-11(7-5-10)16-14-17-12(9-19-14)8-13(18)15-2/h4-7,9H,3,8H2,1-2H3,(H,15,18)(H,16,17). The van der Waals surface area contributed by atoms with Gasteiger partial charge in [-0.25, -0.2) is 4.98 Å². The topological polar surface area (TPSA) is 54.0 Å². The number of carbonyl (C=O) groups excluding carboxylic acids is 1. The third-order valence-corrected chi connectivity index (χ3v) is 3.59. The van der Waals surface area contributed by atoms with Crippen LogP contribution in [0.5, 0.6) is 0 Å². The number of carbonyl (C=O) groups is 1. The molecule has 2 N–H and O–H groups in total. The molecule has 0 atom stereocenters. The van der Waals surface area contributed by atoms with Gasteiger partial charge in [0.2, 0.25) is 5.91 Å². The van der Waals surface area contributed by atoms with Crippen LogP contribution >= 0.6 is 11.3 Å². The van der Waals surface area contributed by atoms with Crippen LogP contribution in [0.15, 0.2) is 29.6 Å². The Balaban J connectivity index is 2.00. The fraction of sp³-hybridized carbons (Fsp3) is 0.286. The molecule has 0 unspecified atom stereocenters. The van der Waals surface area contributed by atoms with Gasteiger partial charge in [-0.05, 0) is 24.1 Å². The molecule has 1 amide bonds. The highest BCUT2D eigenvalue weighted by atomic mass is 32.1. The summed E-state index contributed by atoms with van der Waals surface area (Å²) >= 11 is 1.50. The van der Waals surface area contributed by atoms with Crippen LogP contribution in [0.3, 0.4) is 0 Å². The van der Waals surface area contributed by atoms with Crippen molar-refractivity contribution >= 4 is 28.1 Å². The Labute approximate surface area is 116 Å². The Morgan fingerprint density at radius 3 is 2.68 bits per heavy atom. The normalized spacial score (nSPS) is 10.2. The van der Waals surface area contributed by atoms with Crippen molar-refractivity contribution in [1.29, 1.82) is 0 Å². The van der Waals surface area contributed by atoms with Crippen LogP contribution < -0.4 is 10.6 Å². The summed E-state index contributed by atoms with van der Waals surface area (Å²) in [5, 5.41) is 8.54. The molecular weight excluding hydrogens is 258 g/mol. The summed E-state index contributed by atoms with van der Waals surface area (Å²) in [7, 11) is 1.63. The molecule has 4 nitrogen and oxygen atoms in total. The minimum Gasteiger partial charge on any atom is -0.359 e. The van der Waals surface area contributed by atoms with Gasteiger partial charge in [-0.1, -0.05) is 19.1 Å². The number of anilines is 2. The summed E-state index contributed by atoms with van der Waals surface area (Å²) in [6.45, 7) is 2.13. The number of amides is 1. The fourth-order valence-electron chi connectivity index (χ4n) is 1.65. The molecule has 0 aliphatic rings. The zero-order chi connectivity index (χ0) is 13.7. The van der Waals surface area contributed by atoms with Gasteiger partial charge in [0.1, 0.15) is 0 Å². The van der Waals surface area contributed by atoms with Crippen LogP contribution in [-0.4, -0.2) is 17.9 Å². The largest absolute Gasteiger partial charge is 0.359 e. The first-order valence-corrected chi connectivity index (χ1v) is 7.10. The number of nitrogens with one attached hydrogen (secondary N) is 2. The van der Waals surface area contributed by atoms with Crippen LogP contribution in [-0.2, 0) is 17.6 Å². The Morgan fingerprint density at radius 1 is 1.32 bits per heavy atom. The molecule has 0 aliphatic carbocycles. The predicted octanol–water partition coefficient (Wildman–Crippen LogP) is 2.74. The van der Waals surface area contributed by atoms with Gasteiger partial charge in [0.15, 0.2) is 5.13 Å². The van der Waals surface area contributed by atoms with Crippen molar-refractivity contribution in [2.75, 3.05) is 12.4 Å². The van der Waals surface area contributed by atoms with Crippen LogP contribution in [0.2, 0.25) is 0 Å². The average Bonchev–Trinajstić information content (AvgIpc) is 2.86. The fourth-order valence-corrected chi connectivity index (χ4v) is 2.38. The van der Waals surface area contributed by atoms with E-state index in [9.17, 15) is 4.79 Å². The van der Waals surface area contributed by atoms with E-state index in [2.05, 4.69) is 34.7 Å². The number of hydrogen-bond donors (Lipinski definition) is 2. The summed E-state index contributed by atoms with van der Waals surface area (Å²) in [5.74, 6) is -0.0239. The Bertz CT molecular complexity index is 548. The van der Waals surface area contributed by atoms with Crippen molar-refractivity contribution in [2.45, 2.75) is 19.8 Å². The minimum absolute atomic E-state index is 0.0239. The molecule has 2 aromatic rings. The number of likely N-dealkylation sites (N-methyl/N-ethyl adjacent to an activating group) is 1. The number of hydrogen-bond acceptors (Lipinski definition) is 4. The Morgan fingerprint density at radius 2 is 2.05 bits per heavy atom. The molecule has 0 aliphatic heterocycles. The van der Waals surface area contributed by atoms with Gasteiger partial charge < -0.3 is 10.6 Å². The molecule has 0 fully saturated rings. The van der Waals surface area contributed by atoms with Crippen LogP contribution in [0.25, 0.3) is 0 Å². The summed E-state index contributed by atoms with van der Waals surface area (Å²) < 4.78 is 0. The van der Waals surface area contributed by atoms with Crippen molar-refractivity contribution < 1.29 is 4.79 Å². The summed E-state index contributed by atoms with van der Waals surface area (Å²) in [6, 6.07) is 8.28. The molecule has 0 radical (unpaired) electrons. The lowest BCUT2D eigenvalue weighted by Gasteiger charge is -2.03. The third kappa shape index (κ3) is 3.79. The highest BCUT2D eigenvalue weighted by Gasteiger charge is 2.06. The van der Waals surface area contributed by atoms with Crippen LogP contribution in [0.1, 0.15) is 18.2 Å². The molecule has 0 bridgehead atoms. The number of benzene rings is 1. The molecule has 100 valence electrons. The maximum Gasteiger partial charge on any atom is 0.225 e. The summed E-state index contributed by atoms with van der Waals surface area (Å²) in [5.41, 5.74) is 3.11. The average molecular weight is 275 g/mol. The zero-order valence-electron chi connectivity index (χ0n) is 11.1. The Kier molecular flexibility index (Phi) is 4.52. The molecule has 2 rings (SSSR count). The quantitative estimate of drug-likeness (QED) is 0.882. The SMILES string of the molecule is CCc1ccc(Nc2nc(CC(=O)NC)cs2)cc1. The molecular formula is C14H17N3OS. The first-order chi connectivity index (χ1) is 9.21. The second kappa shape index (κ2) is 6.33. The van der Waals surface area contributed by atoms with E-state index in [-0.39, 0.29) is 5.91 Å². The Hall–Kier alpha value is -1.88. The molecule has 0 spiro atoms. The maximum atomic E-state index is 11.3. The first-order valence-electron chi connectivity index (χ1n) is 6.22. The summed E-state index contributed by atoms with van der Waals surface area (Å²) in [4.78, 5) is 15.6. The van der Waals surface area contributed by atoms with Crippen molar-refractivity contribution in [2.24, 2.45) is 0 Å². The summed E-state index contributed by atoms with van der Waals surface area (Å²) in [6.07, 6.45) is 1.36. The van der Waals surface area contributed by atoms with Gasteiger partial charge in [0.05, 0.1) is 12.1 Å². The van der Waals surface area contributed by atoms with E-state index in [0.29, 0.717) is 6.42 Å². The number of aryl methyl sites for hydroxylation is 1. The minimum atomic E-state index is -0.0239. The second-order valence-electron chi connectivity index (χ2n) is 4.17. The molecule has 19 heavy (non-hydrogen) atoms. The lowest BCUT2D eigenvalue weighted by molar-refractivity contribution is -0.120. The van der Waals surface area contributed by atoms with Crippen molar-refractivity contribution in [3.63, 3.8) is 0 Å². The van der Waals surface area contributed by atoms with Gasteiger partial charge in [-0.2, -0.15) is 0 Å². The number of rotatable bonds is 5. The highest BCUT2D eigenvalue weighted by Crippen LogP contribution is 2.21. The van der Waals surface area contributed by atoms with E-state index < -0.39 is 0 Å². The smallest absolute Gasteiger partial charge is 0.225 e. The van der Waals surface area contributed by atoms with E-state index in [1.807, 2.05) is 17.5 Å².